The molecule has 1 aromatic heterocycles. The van der Waals surface area contributed by atoms with Gasteiger partial charge < -0.3 is 15.5 Å². The van der Waals surface area contributed by atoms with Crippen molar-refractivity contribution in [3.63, 3.8) is 0 Å². The average molecular weight is 411 g/mol. The van der Waals surface area contributed by atoms with Gasteiger partial charge in [-0.15, -0.1) is 0 Å². The van der Waals surface area contributed by atoms with Crippen molar-refractivity contribution in [2.75, 3.05) is 5.32 Å². The number of halogens is 2. The van der Waals surface area contributed by atoms with Gasteiger partial charge in [-0.1, -0.05) is 23.2 Å². The van der Waals surface area contributed by atoms with E-state index < -0.39 is 0 Å². The van der Waals surface area contributed by atoms with E-state index in [1.807, 2.05) is 6.92 Å². The molecule has 0 saturated carbocycles. The molecule has 1 aliphatic rings. The van der Waals surface area contributed by atoms with Crippen molar-refractivity contribution in [1.82, 2.24) is 5.43 Å². The number of carbonyl (C=O) groups excluding carboxylic acids is 1. The molecule has 26 heavy (non-hydrogen) atoms. The van der Waals surface area contributed by atoms with Gasteiger partial charge in [0.05, 0.1) is 15.8 Å². The van der Waals surface area contributed by atoms with Gasteiger partial charge >= 0.3 is 0 Å². The van der Waals surface area contributed by atoms with Gasteiger partial charge in [0.2, 0.25) is 0 Å². The Balaban J connectivity index is 1.89. The third kappa shape index (κ3) is 3.85. The van der Waals surface area contributed by atoms with E-state index in [-0.39, 0.29) is 16.8 Å². The van der Waals surface area contributed by atoms with Crippen LogP contribution in [-0.2, 0) is 6.42 Å². The molecule has 1 aliphatic carbocycles. The second kappa shape index (κ2) is 7.65. The molecule has 0 bridgehead atoms. The molecule has 0 atom stereocenters. The molecule has 1 heterocycles. The summed E-state index contributed by atoms with van der Waals surface area (Å²) in [5, 5.41) is 7.87. The number of furan rings is 1. The van der Waals surface area contributed by atoms with Crippen LogP contribution in [0.2, 0.25) is 10.0 Å². The molecule has 4 N–H and O–H groups in total. The molecule has 2 aromatic rings. The fourth-order valence-electron chi connectivity index (χ4n) is 2.88. The van der Waals surface area contributed by atoms with E-state index in [1.54, 1.807) is 18.2 Å². The molecule has 0 saturated heterocycles. The lowest BCUT2D eigenvalue weighted by molar-refractivity contribution is 0.0994. The molecular weight excluding hydrogens is 395 g/mol. The highest BCUT2D eigenvalue weighted by Gasteiger charge is 2.28. The third-order valence-corrected chi connectivity index (χ3v) is 4.84. The largest absolute Gasteiger partial charge is 0.455 e. The van der Waals surface area contributed by atoms with Crippen LogP contribution in [0.5, 0.6) is 0 Å². The first-order chi connectivity index (χ1) is 12.4. The maximum absolute atomic E-state index is 12.6. The molecular formula is C17H16Cl2N4O2S. The number of carbonyl (C=O) groups is 1. The smallest absolute Gasteiger partial charge is 0.291 e. The van der Waals surface area contributed by atoms with Gasteiger partial charge in [-0.2, -0.15) is 5.10 Å². The van der Waals surface area contributed by atoms with Crippen molar-refractivity contribution in [3.05, 3.63) is 50.9 Å². The highest BCUT2D eigenvalue weighted by Crippen LogP contribution is 2.31. The number of hydrogen-bond acceptors (Lipinski definition) is 4. The van der Waals surface area contributed by atoms with E-state index in [2.05, 4.69) is 15.8 Å². The van der Waals surface area contributed by atoms with E-state index in [9.17, 15) is 4.79 Å². The Kier molecular flexibility index (Phi) is 5.50. The van der Waals surface area contributed by atoms with Crippen LogP contribution in [0.25, 0.3) is 0 Å². The Labute approximate surface area is 165 Å². The average Bonchev–Trinajstić information content (AvgIpc) is 2.94. The quantitative estimate of drug-likeness (QED) is 0.524. The van der Waals surface area contributed by atoms with Crippen molar-refractivity contribution < 1.29 is 9.21 Å². The lowest BCUT2D eigenvalue weighted by atomic mass is 9.93. The van der Waals surface area contributed by atoms with Gasteiger partial charge in [0.25, 0.3) is 5.91 Å². The van der Waals surface area contributed by atoms with Crippen molar-refractivity contribution in [2.45, 2.75) is 26.2 Å². The second-order valence-electron chi connectivity index (χ2n) is 5.83. The SMILES string of the molecule is Cc1c(C(=O)Nc2ccc(Cl)c(Cl)c2)oc2c1/C(=N/NC(N)=S)CCC2. The number of aryl methyl sites for hydroxylation is 1. The van der Waals surface area contributed by atoms with E-state index in [0.29, 0.717) is 15.7 Å². The summed E-state index contributed by atoms with van der Waals surface area (Å²) in [5.74, 6) is 0.611. The van der Waals surface area contributed by atoms with Crippen LogP contribution < -0.4 is 16.5 Å². The van der Waals surface area contributed by atoms with Gasteiger partial charge in [-0.05, 0) is 50.2 Å². The standard InChI is InChI=1S/C17H16Cl2N4O2S/c1-8-14-12(22-23-17(20)26)3-2-4-13(14)25-15(8)16(24)21-9-5-6-10(18)11(19)7-9/h5-7H,2-4H2,1H3,(H,21,24)(H3,20,23,26)/b22-12+. The summed E-state index contributed by atoms with van der Waals surface area (Å²) in [7, 11) is 0. The second-order valence-corrected chi connectivity index (χ2v) is 7.08. The molecule has 3 rings (SSSR count). The van der Waals surface area contributed by atoms with Gasteiger partial charge in [0.1, 0.15) is 5.76 Å². The Bertz CT molecular complexity index is 924. The van der Waals surface area contributed by atoms with Crippen molar-refractivity contribution in [3.8, 4) is 0 Å². The van der Waals surface area contributed by atoms with E-state index in [1.165, 1.54) is 0 Å². The van der Waals surface area contributed by atoms with Crippen molar-refractivity contribution in [2.24, 2.45) is 10.8 Å². The first kappa shape index (κ1) is 18.7. The number of benzene rings is 1. The van der Waals surface area contributed by atoms with Crippen molar-refractivity contribution in [1.29, 1.82) is 0 Å². The number of rotatable bonds is 3. The minimum absolute atomic E-state index is 0.0864. The fourth-order valence-corrected chi connectivity index (χ4v) is 3.22. The number of amides is 1. The lowest BCUT2D eigenvalue weighted by Crippen LogP contribution is -2.26. The van der Waals surface area contributed by atoms with Crippen LogP contribution in [0.3, 0.4) is 0 Å². The number of anilines is 1. The van der Waals surface area contributed by atoms with Crippen LogP contribution >= 0.6 is 35.4 Å². The molecule has 136 valence electrons. The number of fused-ring (bicyclic) bond motifs is 1. The molecule has 0 spiro atoms. The molecule has 0 fully saturated rings. The summed E-state index contributed by atoms with van der Waals surface area (Å²) in [5.41, 5.74) is 10.9. The van der Waals surface area contributed by atoms with Crippen LogP contribution in [0.1, 0.15) is 40.3 Å². The van der Waals surface area contributed by atoms with Crippen molar-refractivity contribution >= 4 is 57.8 Å². The monoisotopic (exact) mass is 410 g/mol. The van der Waals surface area contributed by atoms with Crippen LogP contribution in [0, 0.1) is 6.92 Å². The predicted octanol–water partition coefficient (Wildman–Crippen LogP) is 4.02. The molecule has 0 radical (unpaired) electrons. The number of nitrogens with two attached hydrogens (primary N) is 1. The van der Waals surface area contributed by atoms with E-state index in [4.69, 9.17) is 45.6 Å². The fraction of sp³-hybridized carbons (Fsp3) is 0.235. The number of hydrazone groups is 1. The summed E-state index contributed by atoms with van der Waals surface area (Å²) < 4.78 is 5.82. The molecule has 0 aliphatic heterocycles. The summed E-state index contributed by atoms with van der Waals surface area (Å²) in [6, 6.07) is 4.87. The third-order valence-electron chi connectivity index (χ3n) is 4.01. The maximum Gasteiger partial charge on any atom is 0.291 e. The predicted molar refractivity (Wildman–Crippen MR) is 107 cm³/mol. The normalized spacial score (nSPS) is 14.8. The van der Waals surface area contributed by atoms with E-state index in [0.717, 1.165) is 41.9 Å². The number of nitrogens with one attached hydrogen (secondary N) is 2. The van der Waals surface area contributed by atoms with Crippen LogP contribution in [-0.4, -0.2) is 16.7 Å². The minimum Gasteiger partial charge on any atom is -0.455 e. The first-order valence-electron chi connectivity index (χ1n) is 7.88. The minimum atomic E-state index is -0.364. The Morgan fingerprint density at radius 3 is 2.77 bits per heavy atom. The topological polar surface area (TPSA) is 92.6 Å². The molecule has 1 aromatic carbocycles. The van der Waals surface area contributed by atoms with E-state index >= 15 is 0 Å². The molecule has 1 amide bonds. The first-order valence-corrected chi connectivity index (χ1v) is 9.04. The van der Waals surface area contributed by atoms with Gasteiger partial charge in [0.15, 0.2) is 10.9 Å². The zero-order valence-electron chi connectivity index (χ0n) is 13.9. The number of hydrogen-bond donors (Lipinski definition) is 3. The van der Waals surface area contributed by atoms with Gasteiger partial charge in [-0.3, -0.25) is 10.2 Å². The number of thiocarbonyl (C=S) groups is 1. The van der Waals surface area contributed by atoms with Crippen LogP contribution in [0.4, 0.5) is 5.69 Å². The summed E-state index contributed by atoms with van der Waals surface area (Å²) in [6.45, 7) is 1.83. The summed E-state index contributed by atoms with van der Waals surface area (Å²) >= 11 is 16.7. The molecule has 0 unspecified atom stereocenters. The maximum atomic E-state index is 12.6. The summed E-state index contributed by atoms with van der Waals surface area (Å²) in [6.07, 6.45) is 2.35. The molecule has 6 nitrogen and oxygen atoms in total. The molecule has 9 heteroatoms. The highest BCUT2D eigenvalue weighted by molar-refractivity contribution is 7.80. The Morgan fingerprint density at radius 1 is 1.31 bits per heavy atom. The van der Waals surface area contributed by atoms with Crippen LogP contribution in [0.15, 0.2) is 27.7 Å². The van der Waals surface area contributed by atoms with Gasteiger partial charge in [-0.25, -0.2) is 0 Å². The van der Waals surface area contributed by atoms with Gasteiger partial charge in [0, 0.05) is 23.2 Å². The lowest BCUT2D eigenvalue weighted by Gasteiger charge is -2.13. The summed E-state index contributed by atoms with van der Waals surface area (Å²) in [4.78, 5) is 12.6. The zero-order chi connectivity index (χ0) is 18.8. The zero-order valence-corrected chi connectivity index (χ0v) is 16.2. The Morgan fingerprint density at radius 2 is 2.08 bits per heavy atom. The highest BCUT2D eigenvalue weighted by atomic mass is 35.5. The Hall–Kier alpha value is -2.09. The number of nitrogens with zero attached hydrogens (tertiary/aromatic N) is 1.